The number of hydrogen-bond donors (Lipinski definition) is 3. The summed E-state index contributed by atoms with van der Waals surface area (Å²) in [4.78, 5) is 23.5. The zero-order valence-corrected chi connectivity index (χ0v) is 12.8. The summed E-state index contributed by atoms with van der Waals surface area (Å²) >= 11 is 0. The number of nitrogens with one attached hydrogen (secondary N) is 2. The fourth-order valence-corrected chi connectivity index (χ4v) is 1.88. The summed E-state index contributed by atoms with van der Waals surface area (Å²) in [6, 6.07) is 7.38. The molecule has 1 aromatic rings. The predicted molar refractivity (Wildman–Crippen MR) is 82.9 cm³/mol. The Hall–Kier alpha value is -1.88. The number of para-hydroxylation sites is 1. The lowest BCUT2D eigenvalue weighted by Gasteiger charge is -2.14. The number of amides is 2. The molecule has 5 nitrogen and oxygen atoms in total. The minimum Gasteiger partial charge on any atom is -0.393 e. The number of anilines is 1. The lowest BCUT2D eigenvalue weighted by atomic mass is 10.0. The first-order valence-electron chi connectivity index (χ1n) is 7.30. The largest absolute Gasteiger partial charge is 0.393 e. The molecule has 0 fully saturated rings. The van der Waals surface area contributed by atoms with Crippen molar-refractivity contribution in [3.8, 4) is 0 Å². The number of rotatable bonds is 6. The van der Waals surface area contributed by atoms with Crippen LogP contribution in [-0.2, 0) is 16.0 Å². The number of aliphatic hydroxyl groups excluding tert-OH is 1. The van der Waals surface area contributed by atoms with Gasteiger partial charge in [-0.25, -0.2) is 0 Å². The van der Waals surface area contributed by atoms with E-state index in [2.05, 4.69) is 10.6 Å². The predicted octanol–water partition coefficient (Wildman–Crippen LogP) is 1.71. The summed E-state index contributed by atoms with van der Waals surface area (Å²) in [5, 5.41) is 14.8. The van der Waals surface area contributed by atoms with E-state index in [0.29, 0.717) is 12.1 Å². The topological polar surface area (TPSA) is 78.4 Å². The van der Waals surface area contributed by atoms with Gasteiger partial charge in [0.05, 0.1) is 6.10 Å². The molecule has 0 aliphatic rings. The van der Waals surface area contributed by atoms with Crippen LogP contribution in [0.3, 0.4) is 0 Å². The molecule has 1 unspecified atom stereocenters. The zero-order valence-electron chi connectivity index (χ0n) is 12.8. The average molecular weight is 292 g/mol. The highest BCUT2D eigenvalue weighted by Crippen LogP contribution is 2.15. The molecular weight excluding hydrogens is 268 g/mol. The van der Waals surface area contributed by atoms with Crippen molar-refractivity contribution in [3.63, 3.8) is 0 Å². The normalized spacial score (nSPS) is 12.0. The van der Waals surface area contributed by atoms with E-state index in [1.807, 2.05) is 39.0 Å². The smallest absolute Gasteiger partial charge is 0.313 e. The van der Waals surface area contributed by atoms with Crippen LogP contribution >= 0.6 is 0 Å². The van der Waals surface area contributed by atoms with Gasteiger partial charge in [0, 0.05) is 12.2 Å². The highest BCUT2D eigenvalue weighted by atomic mass is 16.3. The van der Waals surface area contributed by atoms with Crippen molar-refractivity contribution in [3.05, 3.63) is 29.8 Å². The van der Waals surface area contributed by atoms with Crippen LogP contribution in [0.1, 0.15) is 32.8 Å². The maximum Gasteiger partial charge on any atom is 0.313 e. The van der Waals surface area contributed by atoms with Gasteiger partial charge in [-0.2, -0.15) is 0 Å². The standard InChI is InChI=1S/C16H24N2O3/c1-4-12-7-5-6-8-13(12)18-16(21)15(20)17-10-9-14(19)11(2)3/h5-8,11,14,19H,4,9-10H2,1-3H3,(H,17,20)(H,18,21). The molecule has 0 bridgehead atoms. The maximum absolute atomic E-state index is 11.8. The molecule has 1 rings (SSSR count). The van der Waals surface area contributed by atoms with Gasteiger partial charge in [0.1, 0.15) is 0 Å². The van der Waals surface area contributed by atoms with E-state index in [1.165, 1.54) is 0 Å². The number of hydrogen-bond acceptors (Lipinski definition) is 3. The molecule has 0 spiro atoms. The van der Waals surface area contributed by atoms with Gasteiger partial charge < -0.3 is 15.7 Å². The van der Waals surface area contributed by atoms with Crippen LogP contribution < -0.4 is 10.6 Å². The van der Waals surface area contributed by atoms with Crippen LogP contribution in [0.25, 0.3) is 0 Å². The van der Waals surface area contributed by atoms with E-state index in [9.17, 15) is 14.7 Å². The first-order valence-corrected chi connectivity index (χ1v) is 7.30. The summed E-state index contributed by atoms with van der Waals surface area (Å²) in [5.41, 5.74) is 1.64. The van der Waals surface area contributed by atoms with Gasteiger partial charge in [-0.1, -0.05) is 39.0 Å². The Morgan fingerprint density at radius 1 is 1.19 bits per heavy atom. The SMILES string of the molecule is CCc1ccccc1NC(=O)C(=O)NCCC(O)C(C)C. The third-order valence-electron chi connectivity index (χ3n) is 3.35. The Morgan fingerprint density at radius 3 is 2.48 bits per heavy atom. The number of aryl methyl sites for hydroxylation is 1. The molecule has 0 aromatic heterocycles. The Labute approximate surface area is 125 Å². The van der Waals surface area contributed by atoms with E-state index in [1.54, 1.807) is 6.07 Å². The Balaban J connectivity index is 2.46. The number of benzene rings is 1. The second kappa shape index (κ2) is 8.42. The fraction of sp³-hybridized carbons (Fsp3) is 0.500. The zero-order chi connectivity index (χ0) is 15.8. The number of carbonyl (C=O) groups is 2. The van der Waals surface area contributed by atoms with Crippen LogP contribution in [0.15, 0.2) is 24.3 Å². The Morgan fingerprint density at radius 2 is 1.86 bits per heavy atom. The van der Waals surface area contributed by atoms with Gasteiger partial charge in [0.15, 0.2) is 0 Å². The molecular formula is C16H24N2O3. The molecule has 0 saturated heterocycles. The van der Waals surface area contributed by atoms with Crippen molar-refractivity contribution >= 4 is 17.5 Å². The van der Waals surface area contributed by atoms with Gasteiger partial charge >= 0.3 is 11.8 Å². The van der Waals surface area contributed by atoms with Crippen molar-refractivity contribution in [1.82, 2.24) is 5.32 Å². The van der Waals surface area contributed by atoms with Crippen molar-refractivity contribution in [2.75, 3.05) is 11.9 Å². The molecule has 116 valence electrons. The van der Waals surface area contributed by atoms with Crippen molar-refractivity contribution in [1.29, 1.82) is 0 Å². The molecule has 1 aromatic carbocycles. The summed E-state index contributed by atoms with van der Waals surface area (Å²) in [7, 11) is 0. The molecule has 0 radical (unpaired) electrons. The van der Waals surface area contributed by atoms with Gasteiger partial charge in [0.2, 0.25) is 0 Å². The first-order chi connectivity index (χ1) is 9.95. The summed E-state index contributed by atoms with van der Waals surface area (Å²) in [6.45, 7) is 6.07. The van der Waals surface area contributed by atoms with E-state index in [4.69, 9.17) is 0 Å². The Kier molecular flexibility index (Phi) is 6.88. The van der Waals surface area contributed by atoms with Crippen LogP contribution in [0.4, 0.5) is 5.69 Å². The van der Waals surface area contributed by atoms with Gasteiger partial charge in [-0.15, -0.1) is 0 Å². The summed E-state index contributed by atoms with van der Waals surface area (Å²) in [6.07, 6.45) is 0.732. The monoisotopic (exact) mass is 292 g/mol. The van der Waals surface area contributed by atoms with Gasteiger partial charge in [-0.05, 0) is 30.4 Å². The molecule has 5 heteroatoms. The number of aliphatic hydroxyl groups is 1. The van der Waals surface area contributed by atoms with E-state index in [-0.39, 0.29) is 12.5 Å². The van der Waals surface area contributed by atoms with Crippen LogP contribution in [-0.4, -0.2) is 29.6 Å². The quantitative estimate of drug-likeness (QED) is 0.698. The molecule has 1 atom stereocenters. The third-order valence-corrected chi connectivity index (χ3v) is 3.35. The maximum atomic E-state index is 11.8. The number of carbonyl (C=O) groups excluding carboxylic acids is 2. The molecule has 0 aliphatic carbocycles. The van der Waals surface area contributed by atoms with E-state index >= 15 is 0 Å². The van der Waals surface area contributed by atoms with Crippen LogP contribution in [0.2, 0.25) is 0 Å². The summed E-state index contributed by atoms with van der Waals surface area (Å²) < 4.78 is 0. The highest BCUT2D eigenvalue weighted by molar-refractivity contribution is 6.39. The minimum atomic E-state index is -0.685. The molecule has 3 N–H and O–H groups in total. The fourth-order valence-electron chi connectivity index (χ4n) is 1.88. The lowest BCUT2D eigenvalue weighted by Crippen LogP contribution is -2.37. The third kappa shape index (κ3) is 5.55. The van der Waals surface area contributed by atoms with Crippen LogP contribution in [0, 0.1) is 5.92 Å². The second-order valence-corrected chi connectivity index (χ2v) is 5.32. The van der Waals surface area contributed by atoms with E-state index in [0.717, 1.165) is 12.0 Å². The van der Waals surface area contributed by atoms with Gasteiger partial charge in [-0.3, -0.25) is 9.59 Å². The van der Waals surface area contributed by atoms with Crippen LogP contribution in [0.5, 0.6) is 0 Å². The summed E-state index contributed by atoms with van der Waals surface area (Å²) in [5.74, 6) is -1.24. The molecule has 0 aliphatic heterocycles. The molecule has 21 heavy (non-hydrogen) atoms. The van der Waals surface area contributed by atoms with Gasteiger partial charge in [0.25, 0.3) is 0 Å². The second-order valence-electron chi connectivity index (χ2n) is 5.32. The average Bonchev–Trinajstić information content (AvgIpc) is 2.47. The molecule has 2 amide bonds. The molecule has 0 saturated carbocycles. The van der Waals surface area contributed by atoms with Crippen molar-refractivity contribution in [2.45, 2.75) is 39.7 Å². The van der Waals surface area contributed by atoms with E-state index < -0.39 is 17.9 Å². The molecule has 0 heterocycles. The van der Waals surface area contributed by atoms with Crippen molar-refractivity contribution < 1.29 is 14.7 Å². The minimum absolute atomic E-state index is 0.132. The lowest BCUT2D eigenvalue weighted by molar-refractivity contribution is -0.136. The first kappa shape index (κ1) is 17.2. The highest BCUT2D eigenvalue weighted by Gasteiger charge is 2.15. The Bertz CT molecular complexity index is 486. The van der Waals surface area contributed by atoms with Crippen molar-refractivity contribution in [2.24, 2.45) is 5.92 Å².